The highest BCUT2D eigenvalue weighted by Gasteiger charge is 2.28. The molecule has 3 heterocycles. The molecule has 0 saturated carbocycles. The van der Waals surface area contributed by atoms with Gasteiger partial charge in [0.05, 0.1) is 10.5 Å². The predicted octanol–water partition coefficient (Wildman–Crippen LogP) is 3.16. The van der Waals surface area contributed by atoms with E-state index in [9.17, 15) is 4.79 Å². The number of rotatable bonds is 6. The highest BCUT2D eigenvalue weighted by molar-refractivity contribution is 9.10. The van der Waals surface area contributed by atoms with E-state index in [1.807, 2.05) is 14.0 Å². The highest BCUT2D eigenvalue weighted by atomic mass is 79.9. The Morgan fingerprint density at radius 3 is 2.42 bits per heavy atom. The molecule has 0 bridgehead atoms. The molecular formula is C23H30BrN5O2. The first kappa shape index (κ1) is 22.0. The summed E-state index contributed by atoms with van der Waals surface area (Å²) in [5.74, 6) is 2.44. The van der Waals surface area contributed by atoms with E-state index in [4.69, 9.17) is 4.74 Å². The summed E-state index contributed by atoms with van der Waals surface area (Å²) >= 11 is 3.39. The van der Waals surface area contributed by atoms with E-state index in [-0.39, 0.29) is 11.9 Å². The number of piperidine rings is 1. The summed E-state index contributed by atoms with van der Waals surface area (Å²) in [5, 5.41) is 0. The van der Waals surface area contributed by atoms with Crippen molar-refractivity contribution in [1.82, 2.24) is 19.8 Å². The maximum absolute atomic E-state index is 12.1. The van der Waals surface area contributed by atoms with Crippen molar-refractivity contribution in [3.05, 3.63) is 46.7 Å². The summed E-state index contributed by atoms with van der Waals surface area (Å²) in [4.78, 5) is 27.2. The maximum Gasteiger partial charge on any atom is 0.239 e. The molecule has 2 aliphatic heterocycles. The Bertz CT molecular complexity index is 869. The third kappa shape index (κ3) is 5.36. The van der Waals surface area contributed by atoms with Crippen LogP contribution in [0.15, 0.2) is 41.1 Å². The standard InChI is InChI=1S/C23H30BrN5O2/c1-17-22(30)27(2)11-12-28(17)13-14-31-21-5-3-18(4-6-21)19-7-9-29(10-8-19)23-25-15-20(24)16-26-23/h3-6,15-17,19H,7-14H2,1-2H3/t17-/m1/s1. The number of likely N-dealkylation sites (N-methyl/N-ethyl adjacent to an activating group) is 1. The third-order valence-corrected chi connectivity index (χ3v) is 6.80. The monoisotopic (exact) mass is 487 g/mol. The molecule has 0 radical (unpaired) electrons. The number of hydrogen-bond acceptors (Lipinski definition) is 6. The fourth-order valence-corrected chi connectivity index (χ4v) is 4.57. The number of amides is 1. The number of nitrogens with zero attached hydrogens (tertiary/aromatic N) is 5. The van der Waals surface area contributed by atoms with Gasteiger partial charge in [-0.05, 0) is 59.3 Å². The molecule has 0 N–H and O–H groups in total. The average molecular weight is 488 g/mol. The van der Waals surface area contributed by atoms with Crippen LogP contribution < -0.4 is 9.64 Å². The van der Waals surface area contributed by atoms with Gasteiger partial charge in [-0.25, -0.2) is 9.97 Å². The van der Waals surface area contributed by atoms with E-state index in [1.54, 1.807) is 17.3 Å². The summed E-state index contributed by atoms with van der Waals surface area (Å²) in [6.07, 6.45) is 5.79. The van der Waals surface area contributed by atoms with E-state index >= 15 is 0 Å². The van der Waals surface area contributed by atoms with Crippen molar-refractivity contribution in [2.75, 3.05) is 51.3 Å². The molecule has 31 heavy (non-hydrogen) atoms. The minimum Gasteiger partial charge on any atom is -0.492 e. The molecule has 4 rings (SSSR count). The summed E-state index contributed by atoms with van der Waals surface area (Å²) in [6, 6.07) is 8.44. The highest BCUT2D eigenvalue weighted by Crippen LogP contribution is 2.30. The maximum atomic E-state index is 12.1. The van der Waals surface area contributed by atoms with E-state index in [2.05, 4.69) is 60.0 Å². The van der Waals surface area contributed by atoms with Crippen LogP contribution in [-0.4, -0.2) is 78.1 Å². The van der Waals surface area contributed by atoms with Crippen LogP contribution in [0.3, 0.4) is 0 Å². The number of benzene rings is 1. The third-order valence-electron chi connectivity index (χ3n) is 6.39. The Hall–Kier alpha value is -2.19. The van der Waals surface area contributed by atoms with Gasteiger partial charge >= 0.3 is 0 Å². The molecule has 0 spiro atoms. The Morgan fingerprint density at radius 1 is 1.06 bits per heavy atom. The van der Waals surface area contributed by atoms with Gasteiger partial charge in [0.25, 0.3) is 0 Å². The number of anilines is 1. The first-order chi connectivity index (χ1) is 15.0. The molecule has 7 nitrogen and oxygen atoms in total. The minimum absolute atomic E-state index is 0.0709. The van der Waals surface area contributed by atoms with Gasteiger partial charge < -0.3 is 14.5 Å². The van der Waals surface area contributed by atoms with E-state index < -0.39 is 0 Å². The van der Waals surface area contributed by atoms with Gasteiger partial charge in [0, 0.05) is 52.2 Å². The lowest BCUT2D eigenvalue weighted by atomic mass is 9.89. The van der Waals surface area contributed by atoms with Crippen molar-refractivity contribution in [3.63, 3.8) is 0 Å². The number of halogens is 1. The van der Waals surface area contributed by atoms with Crippen molar-refractivity contribution in [2.45, 2.75) is 31.7 Å². The van der Waals surface area contributed by atoms with Crippen LogP contribution in [0, 0.1) is 0 Å². The minimum atomic E-state index is -0.0709. The van der Waals surface area contributed by atoms with Crippen LogP contribution in [0.25, 0.3) is 0 Å². The van der Waals surface area contributed by atoms with Crippen LogP contribution in [0.2, 0.25) is 0 Å². The lowest BCUT2D eigenvalue weighted by Crippen LogP contribution is -2.55. The molecule has 1 atom stereocenters. The van der Waals surface area contributed by atoms with Gasteiger partial charge in [-0.3, -0.25) is 9.69 Å². The Kier molecular flexibility index (Phi) is 7.07. The molecule has 1 aromatic heterocycles. The molecule has 0 unspecified atom stereocenters. The summed E-state index contributed by atoms with van der Waals surface area (Å²) in [5.41, 5.74) is 1.36. The molecule has 2 fully saturated rings. The molecule has 166 valence electrons. The SMILES string of the molecule is C[C@@H]1C(=O)N(C)CCN1CCOc1ccc(C2CCN(c3ncc(Br)cn3)CC2)cc1. The molecule has 2 aromatic rings. The largest absolute Gasteiger partial charge is 0.492 e. The second-order valence-corrected chi connectivity index (χ2v) is 9.27. The Labute approximate surface area is 192 Å². The van der Waals surface area contributed by atoms with E-state index in [0.717, 1.165) is 61.7 Å². The smallest absolute Gasteiger partial charge is 0.239 e. The molecule has 0 aliphatic carbocycles. The zero-order chi connectivity index (χ0) is 21.8. The average Bonchev–Trinajstić information content (AvgIpc) is 2.80. The second-order valence-electron chi connectivity index (χ2n) is 8.35. The molecule has 1 amide bonds. The number of aromatic nitrogens is 2. The van der Waals surface area contributed by atoms with Gasteiger partial charge in [0.15, 0.2) is 0 Å². The summed E-state index contributed by atoms with van der Waals surface area (Å²) in [6.45, 7) is 6.94. The number of hydrogen-bond donors (Lipinski definition) is 0. The van der Waals surface area contributed by atoms with E-state index in [1.165, 1.54) is 5.56 Å². The van der Waals surface area contributed by atoms with Gasteiger partial charge in [-0.2, -0.15) is 0 Å². The number of carbonyl (C=O) groups is 1. The fourth-order valence-electron chi connectivity index (χ4n) is 4.36. The normalized spacial score (nSPS) is 20.9. The molecular weight excluding hydrogens is 458 g/mol. The molecule has 2 saturated heterocycles. The van der Waals surface area contributed by atoms with Crippen molar-refractivity contribution >= 4 is 27.8 Å². The van der Waals surface area contributed by atoms with Crippen LogP contribution in [-0.2, 0) is 4.79 Å². The second kappa shape index (κ2) is 9.96. The zero-order valence-corrected chi connectivity index (χ0v) is 19.8. The first-order valence-electron chi connectivity index (χ1n) is 11.0. The number of ether oxygens (including phenoxy) is 1. The molecule has 1 aromatic carbocycles. The first-order valence-corrected chi connectivity index (χ1v) is 11.7. The van der Waals surface area contributed by atoms with Gasteiger partial charge in [-0.1, -0.05) is 12.1 Å². The van der Waals surface area contributed by atoms with Crippen LogP contribution in [0.1, 0.15) is 31.2 Å². The van der Waals surface area contributed by atoms with Crippen molar-refractivity contribution in [3.8, 4) is 5.75 Å². The van der Waals surface area contributed by atoms with Crippen molar-refractivity contribution in [2.24, 2.45) is 0 Å². The number of carbonyl (C=O) groups excluding carboxylic acids is 1. The van der Waals surface area contributed by atoms with Crippen molar-refractivity contribution in [1.29, 1.82) is 0 Å². The van der Waals surface area contributed by atoms with Crippen LogP contribution in [0.5, 0.6) is 5.75 Å². The van der Waals surface area contributed by atoms with Gasteiger partial charge in [0.1, 0.15) is 12.4 Å². The topological polar surface area (TPSA) is 61.8 Å². The lowest BCUT2D eigenvalue weighted by molar-refractivity contribution is -0.139. The Morgan fingerprint density at radius 2 is 1.74 bits per heavy atom. The quantitative estimate of drug-likeness (QED) is 0.623. The number of piperazine rings is 1. The van der Waals surface area contributed by atoms with Gasteiger partial charge in [0.2, 0.25) is 11.9 Å². The van der Waals surface area contributed by atoms with Crippen LogP contribution in [0.4, 0.5) is 5.95 Å². The Balaban J connectivity index is 1.23. The summed E-state index contributed by atoms with van der Waals surface area (Å²) in [7, 11) is 1.87. The molecule has 8 heteroatoms. The molecule has 2 aliphatic rings. The van der Waals surface area contributed by atoms with Crippen LogP contribution >= 0.6 is 15.9 Å². The lowest BCUT2D eigenvalue weighted by Gasteiger charge is -2.37. The zero-order valence-electron chi connectivity index (χ0n) is 18.2. The predicted molar refractivity (Wildman–Crippen MR) is 125 cm³/mol. The van der Waals surface area contributed by atoms with Crippen molar-refractivity contribution < 1.29 is 9.53 Å². The fraction of sp³-hybridized carbons (Fsp3) is 0.522. The van der Waals surface area contributed by atoms with E-state index in [0.29, 0.717) is 12.5 Å². The van der Waals surface area contributed by atoms with Gasteiger partial charge in [-0.15, -0.1) is 0 Å². The summed E-state index contributed by atoms with van der Waals surface area (Å²) < 4.78 is 6.85.